The van der Waals surface area contributed by atoms with E-state index in [9.17, 15) is 14.7 Å². The van der Waals surface area contributed by atoms with E-state index in [-0.39, 0.29) is 24.1 Å². The van der Waals surface area contributed by atoms with E-state index in [1.165, 1.54) is 19.2 Å². The number of hydrogen-bond donors (Lipinski definition) is 1. The highest BCUT2D eigenvalue weighted by atomic mass is 16.5. The molecule has 0 saturated heterocycles. The van der Waals surface area contributed by atoms with Crippen LogP contribution < -0.4 is 4.74 Å². The molecule has 5 nitrogen and oxygen atoms in total. The first-order valence-corrected chi connectivity index (χ1v) is 6.64. The molecule has 1 aromatic rings. The first kappa shape index (κ1) is 14.4. The molecule has 1 aliphatic heterocycles. The van der Waals surface area contributed by atoms with E-state index in [4.69, 9.17) is 9.47 Å². The van der Waals surface area contributed by atoms with Crippen LogP contribution in [0.2, 0.25) is 0 Å². The number of esters is 1. The molecule has 0 saturated carbocycles. The number of phenols is 1. The fourth-order valence-electron chi connectivity index (χ4n) is 2.43. The lowest BCUT2D eigenvalue weighted by molar-refractivity contribution is -0.147. The number of rotatable bonds is 1. The average molecular weight is 278 g/mol. The molecule has 0 radical (unpaired) electrons. The monoisotopic (exact) mass is 278 g/mol. The molecule has 0 aromatic heterocycles. The number of fused-ring (bicyclic) bond motifs is 1. The number of cyclic esters (lactones) is 1. The Hall–Kier alpha value is -2.04. The first-order chi connectivity index (χ1) is 9.51. The molecule has 1 heterocycles. The fraction of sp³-hybridized carbons (Fsp3) is 0.467. The number of carbonyl (C=O) groups excluding carboxylic acids is 2. The van der Waals surface area contributed by atoms with Crippen molar-refractivity contribution in [1.82, 2.24) is 0 Å². The number of phenolic OH excluding ortho intramolecular Hbond substituents is 1. The Labute approximate surface area is 117 Å². The van der Waals surface area contributed by atoms with E-state index in [2.05, 4.69) is 0 Å². The fourth-order valence-corrected chi connectivity index (χ4v) is 2.43. The largest absolute Gasteiger partial charge is 0.508 e. The highest BCUT2D eigenvalue weighted by Crippen LogP contribution is 2.31. The summed E-state index contributed by atoms with van der Waals surface area (Å²) < 4.78 is 10.4. The number of ketones is 1. The summed E-state index contributed by atoms with van der Waals surface area (Å²) in [6.07, 6.45) is 1.44. The number of carbonyl (C=O) groups is 2. The van der Waals surface area contributed by atoms with Gasteiger partial charge in [0.2, 0.25) is 0 Å². The first-order valence-electron chi connectivity index (χ1n) is 6.64. The molecule has 0 spiro atoms. The van der Waals surface area contributed by atoms with Crippen LogP contribution in [0.25, 0.3) is 0 Å². The summed E-state index contributed by atoms with van der Waals surface area (Å²) in [6.45, 7) is 1.81. The summed E-state index contributed by atoms with van der Waals surface area (Å²) in [5.74, 6) is -0.211. The van der Waals surface area contributed by atoms with Gasteiger partial charge in [-0.05, 0) is 31.4 Å². The number of ether oxygens (including phenoxy) is 2. The molecule has 5 heteroatoms. The van der Waals surface area contributed by atoms with E-state index in [0.717, 1.165) is 0 Å². The summed E-state index contributed by atoms with van der Waals surface area (Å²) >= 11 is 0. The van der Waals surface area contributed by atoms with Crippen molar-refractivity contribution in [2.24, 2.45) is 0 Å². The molecular weight excluding hydrogens is 260 g/mol. The van der Waals surface area contributed by atoms with E-state index in [1.54, 1.807) is 0 Å². The standard InChI is InChI=1S/C15H18O5/c1-9-4-3-5-12(17)15-10(7-14(18)20-9)6-11(16)8-13(15)19-2/h6,8-9,16H,3-5,7H2,1-2H3/t9-/m1/s1. The molecule has 1 aromatic carbocycles. The molecule has 0 bridgehead atoms. The summed E-state index contributed by atoms with van der Waals surface area (Å²) in [5.41, 5.74) is 0.822. The van der Waals surface area contributed by atoms with Gasteiger partial charge in [-0.25, -0.2) is 0 Å². The van der Waals surface area contributed by atoms with Gasteiger partial charge in [-0.2, -0.15) is 0 Å². The quantitative estimate of drug-likeness (QED) is 0.797. The van der Waals surface area contributed by atoms with Crippen molar-refractivity contribution in [2.45, 2.75) is 38.7 Å². The van der Waals surface area contributed by atoms with Crippen LogP contribution in [0.5, 0.6) is 11.5 Å². The number of aromatic hydroxyl groups is 1. The normalized spacial score (nSPS) is 20.0. The van der Waals surface area contributed by atoms with Crippen LogP contribution in [0.15, 0.2) is 12.1 Å². The molecule has 20 heavy (non-hydrogen) atoms. The van der Waals surface area contributed by atoms with E-state index in [1.807, 2.05) is 6.92 Å². The summed E-state index contributed by atoms with van der Waals surface area (Å²) in [7, 11) is 1.43. The summed E-state index contributed by atoms with van der Waals surface area (Å²) in [4.78, 5) is 24.1. The molecule has 0 unspecified atom stereocenters. The van der Waals surface area contributed by atoms with Crippen LogP contribution in [0.1, 0.15) is 42.1 Å². The number of Topliss-reactive ketones (excluding diaryl/α,β-unsaturated/α-hetero) is 1. The van der Waals surface area contributed by atoms with E-state index >= 15 is 0 Å². The zero-order chi connectivity index (χ0) is 14.7. The Balaban J connectivity index is 2.47. The topological polar surface area (TPSA) is 72.8 Å². The Morgan fingerprint density at radius 3 is 2.80 bits per heavy atom. The lowest BCUT2D eigenvalue weighted by Crippen LogP contribution is -2.20. The Morgan fingerprint density at radius 2 is 2.10 bits per heavy atom. The Kier molecular flexibility index (Phi) is 4.27. The van der Waals surface area contributed by atoms with Gasteiger partial charge < -0.3 is 14.6 Å². The third kappa shape index (κ3) is 3.10. The van der Waals surface area contributed by atoms with Crippen LogP contribution in [-0.2, 0) is 16.0 Å². The second kappa shape index (κ2) is 5.94. The third-order valence-corrected chi connectivity index (χ3v) is 3.35. The second-order valence-electron chi connectivity index (χ2n) is 4.97. The Bertz CT molecular complexity index is 535. The van der Waals surface area contributed by atoms with Gasteiger partial charge in [0, 0.05) is 12.5 Å². The van der Waals surface area contributed by atoms with Crippen LogP contribution in [0.3, 0.4) is 0 Å². The van der Waals surface area contributed by atoms with Crippen molar-refractivity contribution in [3.8, 4) is 11.5 Å². The minimum Gasteiger partial charge on any atom is -0.508 e. The number of benzene rings is 1. The molecule has 0 fully saturated rings. The predicted molar refractivity (Wildman–Crippen MR) is 72.1 cm³/mol. The minimum atomic E-state index is -0.402. The highest BCUT2D eigenvalue weighted by molar-refractivity contribution is 6.01. The molecule has 0 aliphatic carbocycles. The Morgan fingerprint density at radius 1 is 1.35 bits per heavy atom. The molecule has 108 valence electrons. The van der Waals surface area contributed by atoms with Crippen LogP contribution in [-0.4, -0.2) is 30.1 Å². The summed E-state index contributed by atoms with van der Waals surface area (Å²) in [5, 5.41) is 9.67. The van der Waals surface area contributed by atoms with E-state index in [0.29, 0.717) is 36.1 Å². The summed E-state index contributed by atoms with van der Waals surface area (Å²) in [6, 6.07) is 2.81. The van der Waals surface area contributed by atoms with Crippen LogP contribution in [0, 0.1) is 0 Å². The highest BCUT2D eigenvalue weighted by Gasteiger charge is 2.23. The van der Waals surface area contributed by atoms with Crippen molar-refractivity contribution in [3.05, 3.63) is 23.3 Å². The zero-order valence-electron chi connectivity index (χ0n) is 11.6. The molecule has 1 N–H and O–H groups in total. The van der Waals surface area contributed by atoms with Gasteiger partial charge in [-0.15, -0.1) is 0 Å². The van der Waals surface area contributed by atoms with Gasteiger partial charge in [0.1, 0.15) is 11.5 Å². The third-order valence-electron chi connectivity index (χ3n) is 3.35. The van der Waals surface area contributed by atoms with Gasteiger partial charge in [-0.1, -0.05) is 0 Å². The molecule has 1 aliphatic rings. The van der Waals surface area contributed by atoms with Crippen LogP contribution in [0.4, 0.5) is 0 Å². The lowest BCUT2D eigenvalue weighted by Gasteiger charge is -2.18. The second-order valence-corrected chi connectivity index (χ2v) is 4.97. The molecule has 1 atom stereocenters. The molecule has 0 amide bonds. The van der Waals surface area contributed by atoms with Crippen molar-refractivity contribution in [3.63, 3.8) is 0 Å². The minimum absolute atomic E-state index is 0.0358. The smallest absolute Gasteiger partial charge is 0.310 e. The van der Waals surface area contributed by atoms with E-state index < -0.39 is 5.97 Å². The molecule has 2 rings (SSSR count). The maximum absolute atomic E-state index is 12.3. The average Bonchev–Trinajstić information content (AvgIpc) is 2.36. The van der Waals surface area contributed by atoms with Gasteiger partial charge in [0.25, 0.3) is 0 Å². The van der Waals surface area contributed by atoms with Gasteiger partial charge in [0.15, 0.2) is 5.78 Å². The zero-order valence-corrected chi connectivity index (χ0v) is 11.6. The number of hydrogen-bond acceptors (Lipinski definition) is 5. The maximum atomic E-state index is 12.3. The maximum Gasteiger partial charge on any atom is 0.310 e. The SMILES string of the molecule is COc1cc(O)cc2c1C(=O)CCC[C@@H](C)OC(=O)C2. The van der Waals surface area contributed by atoms with Gasteiger partial charge in [0.05, 0.1) is 25.2 Å². The van der Waals surface area contributed by atoms with Crippen molar-refractivity contribution in [1.29, 1.82) is 0 Å². The molecular formula is C15H18O5. The predicted octanol–water partition coefficient (Wildman–Crippen LogP) is 2.24. The van der Waals surface area contributed by atoms with Crippen molar-refractivity contribution < 1.29 is 24.2 Å². The van der Waals surface area contributed by atoms with Gasteiger partial charge in [-0.3, -0.25) is 9.59 Å². The lowest BCUT2D eigenvalue weighted by atomic mass is 9.95. The van der Waals surface area contributed by atoms with Crippen molar-refractivity contribution in [2.75, 3.05) is 7.11 Å². The van der Waals surface area contributed by atoms with Crippen molar-refractivity contribution >= 4 is 11.8 Å². The van der Waals surface area contributed by atoms with Crippen LogP contribution >= 0.6 is 0 Å². The van der Waals surface area contributed by atoms with Gasteiger partial charge >= 0.3 is 5.97 Å². The number of methoxy groups -OCH3 is 1.